The van der Waals surface area contributed by atoms with Gasteiger partial charge in [0.25, 0.3) is 0 Å². The van der Waals surface area contributed by atoms with E-state index in [4.69, 9.17) is 5.73 Å². The largest absolute Gasteiger partial charge is 0.368 e. The predicted molar refractivity (Wildman–Crippen MR) is 67.1 cm³/mol. The average molecular weight is 226 g/mol. The Morgan fingerprint density at radius 3 is 2.44 bits per heavy atom. The van der Waals surface area contributed by atoms with Crippen molar-refractivity contribution in [2.24, 2.45) is 5.73 Å². The van der Waals surface area contributed by atoms with Crippen LogP contribution in [0.15, 0.2) is 0 Å². The molecular formula is C13H26N2O. The molecule has 1 unspecified atom stereocenters. The predicted octanol–water partition coefficient (Wildman–Crippen LogP) is 2.34. The minimum atomic E-state index is -0.453. The Kier molecular flexibility index (Phi) is 5.26. The Morgan fingerprint density at radius 2 is 2.00 bits per heavy atom. The number of nitrogens with one attached hydrogen (secondary N) is 1. The second-order valence-corrected chi connectivity index (χ2v) is 5.03. The van der Waals surface area contributed by atoms with E-state index in [1.807, 2.05) is 0 Å². The summed E-state index contributed by atoms with van der Waals surface area (Å²) < 4.78 is 0. The summed E-state index contributed by atoms with van der Waals surface area (Å²) in [4.78, 5) is 11.7. The highest BCUT2D eigenvalue weighted by Crippen LogP contribution is 2.25. The number of nitrogens with two attached hydrogens (primary N) is 1. The molecule has 1 fully saturated rings. The van der Waals surface area contributed by atoms with Crippen molar-refractivity contribution in [2.75, 3.05) is 0 Å². The molecule has 94 valence electrons. The first-order valence-electron chi connectivity index (χ1n) is 6.72. The number of hydrogen-bond donors (Lipinski definition) is 2. The minimum absolute atomic E-state index is 0.171. The van der Waals surface area contributed by atoms with E-state index in [1.54, 1.807) is 0 Å². The van der Waals surface area contributed by atoms with Crippen LogP contribution >= 0.6 is 0 Å². The Bertz CT molecular complexity index is 224. The van der Waals surface area contributed by atoms with Crippen LogP contribution in [0.3, 0.4) is 0 Å². The van der Waals surface area contributed by atoms with Gasteiger partial charge < -0.3 is 11.1 Å². The third-order valence-electron chi connectivity index (χ3n) is 3.87. The van der Waals surface area contributed by atoms with E-state index in [0.29, 0.717) is 6.04 Å². The van der Waals surface area contributed by atoms with E-state index >= 15 is 0 Å². The molecule has 0 aliphatic heterocycles. The topological polar surface area (TPSA) is 55.1 Å². The van der Waals surface area contributed by atoms with Crippen molar-refractivity contribution in [2.45, 2.75) is 76.8 Å². The molecule has 0 saturated heterocycles. The van der Waals surface area contributed by atoms with Crippen LogP contribution < -0.4 is 11.1 Å². The fourth-order valence-corrected chi connectivity index (χ4v) is 2.66. The first kappa shape index (κ1) is 13.5. The third-order valence-corrected chi connectivity index (χ3v) is 3.87. The number of carbonyl (C=O) groups is 1. The normalized spacial score (nSPS) is 20.9. The summed E-state index contributed by atoms with van der Waals surface area (Å²) in [6, 6.07) is 0.504. The third kappa shape index (κ3) is 3.21. The van der Waals surface area contributed by atoms with Crippen molar-refractivity contribution in [3.05, 3.63) is 0 Å². The summed E-state index contributed by atoms with van der Waals surface area (Å²) in [5, 5.41) is 3.54. The molecule has 0 aromatic rings. The van der Waals surface area contributed by atoms with Crippen molar-refractivity contribution in [1.82, 2.24) is 5.32 Å². The summed E-state index contributed by atoms with van der Waals surface area (Å²) in [7, 11) is 0. The van der Waals surface area contributed by atoms with Gasteiger partial charge in [0.05, 0.1) is 5.54 Å². The Balaban J connectivity index is 2.63. The maximum atomic E-state index is 11.7. The highest BCUT2D eigenvalue weighted by atomic mass is 16.1. The van der Waals surface area contributed by atoms with Gasteiger partial charge in [-0.05, 0) is 25.7 Å². The van der Waals surface area contributed by atoms with Gasteiger partial charge in [-0.2, -0.15) is 0 Å². The average Bonchev–Trinajstić information content (AvgIpc) is 2.76. The monoisotopic (exact) mass is 226 g/mol. The smallest absolute Gasteiger partial charge is 0.237 e. The van der Waals surface area contributed by atoms with Gasteiger partial charge in [0.1, 0.15) is 0 Å². The molecule has 1 aliphatic rings. The summed E-state index contributed by atoms with van der Waals surface area (Å²) in [6.45, 7) is 4.21. The van der Waals surface area contributed by atoms with Gasteiger partial charge in [0.15, 0.2) is 0 Å². The van der Waals surface area contributed by atoms with Crippen molar-refractivity contribution in [3.8, 4) is 0 Å². The van der Waals surface area contributed by atoms with Gasteiger partial charge in [-0.1, -0.05) is 39.5 Å². The lowest BCUT2D eigenvalue weighted by Gasteiger charge is -2.34. The van der Waals surface area contributed by atoms with E-state index in [1.165, 1.54) is 25.7 Å². The fourth-order valence-electron chi connectivity index (χ4n) is 2.66. The molecule has 3 heteroatoms. The summed E-state index contributed by atoms with van der Waals surface area (Å²) >= 11 is 0. The van der Waals surface area contributed by atoms with Gasteiger partial charge in [0, 0.05) is 6.04 Å². The zero-order valence-electron chi connectivity index (χ0n) is 10.7. The van der Waals surface area contributed by atoms with Crippen LogP contribution in [0.4, 0.5) is 0 Å². The molecule has 1 saturated carbocycles. The minimum Gasteiger partial charge on any atom is -0.368 e. The zero-order chi connectivity index (χ0) is 12.0. The van der Waals surface area contributed by atoms with Gasteiger partial charge in [-0.25, -0.2) is 0 Å². The van der Waals surface area contributed by atoms with E-state index < -0.39 is 5.54 Å². The van der Waals surface area contributed by atoms with Crippen LogP contribution in [0.1, 0.15) is 65.2 Å². The van der Waals surface area contributed by atoms with Gasteiger partial charge in [-0.15, -0.1) is 0 Å². The summed E-state index contributed by atoms with van der Waals surface area (Å²) in [5.74, 6) is -0.171. The van der Waals surface area contributed by atoms with Crippen molar-refractivity contribution in [1.29, 1.82) is 0 Å². The number of rotatable bonds is 7. The van der Waals surface area contributed by atoms with Crippen LogP contribution in [-0.4, -0.2) is 17.5 Å². The Labute approximate surface area is 99.2 Å². The lowest BCUT2D eigenvalue weighted by atomic mass is 9.87. The standard InChI is InChI=1S/C13H26N2O/c1-3-5-10-13(4-2,12(14)16)15-11-8-6-7-9-11/h11,15H,3-10H2,1-2H3,(H2,14,16). The highest BCUT2D eigenvalue weighted by Gasteiger charge is 2.36. The van der Waals surface area contributed by atoms with Crippen molar-refractivity contribution >= 4 is 5.91 Å². The molecule has 3 N–H and O–H groups in total. The molecule has 1 rings (SSSR count). The summed E-state index contributed by atoms with van der Waals surface area (Å²) in [6.07, 6.45) is 8.82. The van der Waals surface area contributed by atoms with Gasteiger partial charge in [-0.3, -0.25) is 4.79 Å². The van der Waals surface area contributed by atoms with Crippen LogP contribution in [0, 0.1) is 0 Å². The zero-order valence-corrected chi connectivity index (χ0v) is 10.7. The fraction of sp³-hybridized carbons (Fsp3) is 0.923. The van der Waals surface area contributed by atoms with Crippen molar-refractivity contribution in [3.63, 3.8) is 0 Å². The molecule has 0 bridgehead atoms. The molecule has 0 radical (unpaired) electrons. The lowest BCUT2D eigenvalue weighted by Crippen LogP contribution is -2.57. The second kappa shape index (κ2) is 6.24. The maximum Gasteiger partial charge on any atom is 0.237 e. The SMILES string of the molecule is CCCCC(CC)(NC1CCCC1)C(N)=O. The molecule has 0 aromatic carbocycles. The molecule has 1 amide bonds. The lowest BCUT2D eigenvalue weighted by molar-refractivity contribution is -0.125. The van der Waals surface area contributed by atoms with Crippen LogP contribution in [0.2, 0.25) is 0 Å². The quantitative estimate of drug-likeness (QED) is 0.700. The second-order valence-electron chi connectivity index (χ2n) is 5.03. The molecule has 3 nitrogen and oxygen atoms in total. The Hall–Kier alpha value is -0.570. The van der Waals surface area contributed by atoms with Gasteiger partial charge >= 0.3 is 0 Å². The van der Waals surface area contributed by atoms with Crippen LogP contribution in [-0.2, 0) is 4.79 Å². The molecule has 0 spiro atoms. The molecule has 0 heterocycles. The highest BCUT2D eigenvalue weighted by molar-refractivity contribution is 5.84. The van der Waals surface area contributed by atoms with Crippen molar-refractivity contribution < 1.29 is 4.79 Å². The number of carbonyl (C=O) groups excluding carboxylic acids is 1. The van der Waals surface area contributed by atoms with Crippen LogP contribution in [0.25, 0.3) is 0 Å². The first-order valence-corrected chi connectivity index (χ1v) is 6.72. The van der Waals surface area contributed by atoms with E-state index in [2.05, 4.69) is 19.2 Å². The number of unbranched alkanes of at least 4 members (excludes halogenated alkanes) is 1. The van der Waals surface area contributed by atoms with E-state index in [0.717, 1.165) is 25.7 Å². The molecule has 1 atom stereocenters. The molecular weight excluding hydrogens is 200 g/mol. The molecule has 1 aliphatic carbocycles. The Morgan fingerprint density at radius 1 is 1.38 bits per heavy atom. The molecule has 16 heavy (non-hydrogen) atoms. The maximum absolute atomic E-state index is 11.7. The van der Waals surface area contributed by atoms with E-state index in [9.17, 15) is 4.79 Å². The number of primary amides is 1. The first-order chi connectivity index (χ1) is 7.64. The van der Waals surface area contributed by atoms with Gasteiger partial charge in [0.2, 0.25) is 5.91 Å². The molecule has 0 aromatic heterocycles. The number of amides is 1. The summed E-state index contributed by atoms with van der Waals surface area (Å²) in [5.41, 5.74) is 5.15. The van der Waals surface area contributed by atoms with E-state index in [-0.39, 0.29) is 5.91 Å². The number of hydrogen-bond acceptors (Lipinski definition) is 2. The van der Waals surface area contributed by atoms with Crippen LogP contribution in [0.5, 0.6) is 0 Å².